The predicted molar refractivity (Wildman–Crippen MR) is 92.0 cm³/mol. The molecular formula is C17H25N3O3S. The average Bonchev–Trinajstić information content (AvgIpc) is 3.26. The van der Waals surface area contributed by atoms with Crippen molar-refractivity contribution in [2.75, 3.05) is 32.8 Å². The van der Waals surface area contributed by atoms with E-state index in [1.165, 1.54) is 6.92 Å². The van der Waals surface area contributed by atoms with Gasteiger partial charge in [0.25, 0.3) is 0 Å². The number of nitrogens with one attached hydrogen (secondary N) is 1. The molecule has 3 heterocycles. The number of thiazole rings is 1. The van der Waals surface area contributed by atoms with E-state index in [9.17, 15) is 9.59 Å². The van der Waals surface area contributed by atoms with Gasteiger partial charge in [0.2, 0.25) is 11.8 Å². The molecule has 0 spiro atoms. The highest BCUT2D eigenvalue weighted by atomic mass is 32.1. The van der Waals surface area contributed by atoms with E-state index >= 15 is 0 Å². The number of aromatic nitrogens is 1. The van der Waals surface area contributed by atoms with Crippen molar-refractivity contribution in [3.63, 3.8) is 0 Å². The van der Waals surface area contributed by atoms with Crippen LogP contribution in [0.5, 0.6) is 0 Å². The molecule has 0 aromatic carbocycles. The lowest BCUT2D eigenvalue weighted by Gasteiger charge is -2.33. The smallest absolute Gasteiger partial charge is 0.228 e. The van der Waals surface area contributed by atoms with Crippen LogP contribution in [0.15, 0.2) is 5.38 Å². The second-order valence-corrected chi connectivity index (χ2v) is 7.48. The second kappa shape index (κ2) is 8.07. The highest BCUT2D eigenvalue weighted by Gasteiger charge is 2.32. The minimum Gasteiger partial charge on any atom is -0.381 e. The van der Waals surface area contributed by atoms with Gasteiger partial charge < -0.3 is 15.0 Å². The average molecular weight is 351 g/mol. The van der Waals surface area contributed by atoms with Gasteiger partial charge in [0.15, 0.2) is 0 Å². The van der Waals surface area contributed by atoms with Gasteiger partial charge >= 0.3 is 0 Å². The number of likely N-dealkylation sites (tertiary alicyclic amines) is 1. The third kappa shape index (κ3) is 4.33. The van der Waals surface area contributed by atoms with Gasteiger partial charge in [-0.3, -0.25) is 9.59 Å². The SMILES string of the molecule is CC(=O)NCCc1csc(C2CCCN(C(=O)C3CCOC3)C2)n1. The fraction of sp³-hybridized carbons (Fsp3) is 0.706. The summed E-state index contributed by atoms with van der Waals surface area (Å²) in [5.41, 5.74) is 1.02. The van der Waals surface area contributed by atoms with E-state index in [0.717, 1.165) is 49.5 Å². The molecule has 2 atom stereocenters. The summed E-state index contributed by atoms with van der Waals surface area (Å²) in [6.07, 6.45) is 3.73. The van der Waals surface area contributed by atoms with Gasteiger partial charge in [-0.1, -0.05) is 0 Å². The largest absolute Gasteiger partial charge is 0.381 e. The molecule has 1 N–H and O–H groups in total. The molecule has 1 aromatic heterocycles. The van der Waals surface area contributed by atoms with Crippen LogP contribution in [0.1, 0.15) is 42.8 Å². The van der Waals surface area contributed by atoms with Crippen molar-refractivity contribution < 1.29 is 14.3 Å². The lowest BCUT2D eigenvalue weighted by molar-refractivity contribution is -0.136. The summed E-state index contributed by atoms with van der Waals surface area (Å²) in [4.78, 5) is 30.2. The maximum Gasteiger partial charge on any atom is 0.228 e. The van der Waals surface area contributed by atoms with Crippen LogP contribution in [0.2, 0.25) is 0 Å². The van der Waals surface area contributed by atoms with Crippen molar-refractivity contribution in [2.24, 2.45) is 5.92 Å². The van der Waals surface area contributed by atoms with Gasteiger partial charge in [-0.05, 0) is 19.3 Å². The summed E-state index contributed by atoms with van der Waals surface area (Å²) in [5.74, 6) is 0.625. The molecule has 2 aliphatic heterocycles. The lowest BCUT2D eigenvalue weighted by Crippen LogP contribution is -2.42. The quantitative estimate of drug-likeness (QED) is 0.874. The first-order valence-electron chi connectivity index (χ1n) is 8.68. The van der Waals surface area contributed by atoms with E-state index in [-0.39, 0.29) is 17.7 Å². The highest BCUT2D eigenvalue weighted by Crippen LogP contribution is 2.30. The summed E-state index contributed by atoms with van der Waals surface area (Å²) in [6, 6.07) is 0. The molecule has 2 fully saturated rings. The molecule has 0 radical (unpaired) electrons. The predicted octanol–water partition coefficient (Wildman–Crippen LogP) is 1.56. The fourth-order valence-corrected chi connectivity index (χ4v) is 4.34. The molecule has 6 nitrogen and oxygen atoms in total. The summed E-state index contributed by atoms with van der Waals surface area (Å²) in [7, 11) is 0. The Hall–Kier alpha value is -1.47. The summed E-state index contributed by atoms with van der Waals surface area (Å²) >= 11 is 1.67. The van der Waals surface area contributed by atoms with Crippen LogP contribution < -0.4 is 5.32 Å². The van der Waals surface area contributed by atoms with Gasteiger partial charge in [0, 0.05) is 50.9 Å². The van der Waals surface area contributed by atoms with Crippen molar-refractivity contribution in [1.29, 1.82) is 0 Å². The Morgan fingerprint density at radius 1 is 1.46 bits per heavy atom. The van der Waals surface area contributed by atoms with Gasteiger partial charge in [-0.2, -0.15) is 0 Å². The van der Waals surface area contributed by atoms with Crippen molar-refractivity contribution in [2.45, 2.75) is 38.5 Å². The molecule has 3 rings (SSSR count). The van der Waals surface area contributed by atoms with Crippen molar-refractivity contribution in [1.82, 2.24) is 15.2 Å². The zero-order chi connectivity index (χ0) is 16.9. The molecule has 2 aliphatic rings. The monoisotopic (exact) mass is 351 g/mol. The molecule has 2 amide bonds. The molecule has 7 heteroatoms. The maximum atomic E-state index is 12.6. The van der Waals surface area contributed by atoms with Gasteiger partial charge in [0.05, 0.1) is 23.2 Å². The molecule has 132 valence electrons. The van der Waals surface area contributed by atoms with E-state index in [4.69, 9.17) is 9.72 Å². The molecule has 1 aromatic rings. The topological polar surface area (TPSA) is 71.5 Å². The van der Waals surface area contributed by atoms with Gasteiger partial charge in [-0.25, -0.2) is 4.98 Å². The maximum absolute atomic E-state index is 12.6. The van der Waals surface area contributed by atoms with Crippen LogP contribution in [0.3, 0.4) is 0 Å². The van der Waals surface area contributed by atoms with E-state index < -0.39 is 0 Å². The van der Waals surface area contributed by atoms with Crippen LogP contribution >= 0.6 is 11.3 Å². The number of nitrogens with zero attached hydrogens (tertiary/aromatic N) is 2. The minimum atomic E-state index is -0.0113. The van der Waals surface area contributed by atoms with Crippen LogP contribution in [0, 0.1) is 5.92 Å². The summed E-state index contributed by atoms with van der Waals surface area (Å²) < 4.78 is 5.35. The number of piperidine rings is 1. The number of amides is 2. The van der Waals surface area contributed by atoms with Crippen LogP contribution in [0.25, 0.3) is 0 Å². The first kappa shape index (κ1) is 17.4. The van der Waals surface area contributed by atoms with Crippen molar-refractivity contribution >= 4 is 23.2 Å². The Morgan fingerprint density at radius 2 is 2.33 bits per heavy atom. The third-order valence-corrected chi connectivity index (χ3v) is 5.74. The zero-order valence-electron chi connectivity index (χ0n) is 14.1. The Bertz CT molecular complexity index is 583. The number of ether oxygens (including phenoxy) is 1. The molecule has 24 heavy (non-hydrogen) atoms. The number of hydrogen-bond acceptors (Lipinski definition) is 5. The Kier molecular flexibility index (Phi) is 5.84. The molecule has 2 saturated heterocycles. The Balaban J connectivity index is 1.55. The first-order valence-corrected chi connectivity index (χ1v) is 9.56. The van der Waals surface area contributed by atoms with Crippen molar-refractivity contribution in [3.05, 3.63) is 16.1 Å². The number of rotatable bonds is 5. The molecule has 0 bridgehead atoms. The van der Waals surface area contributed by atoms with Crippen LogP contribution in [-0.2, 0) is 20.7 Å². The number of hydrogen-bond donors (Lipinski definition) is 1. The van der Waals surface area contributed by atoms with Gasteiger partial charge in [0.1, 0.15) is 0 Å². The number of carbonyl (C=O) groups excluding carboxylic acids is 2. The van der Waals surface area contributed by atoms with E-state index in [0.29, 0.717) is 25.7 Å². The highest BCUT2D eigenvalue weighted by molar-refractivity contribution is 7.09. The van der Waals surface area contributed by atoms with Crippen molar-refractivity contribution in [3.8, 4) is 0 Å². The number of carbonyl (C=O) groups is 2. The Morgan fingerprint density at radius 3 is 3.08 bits per heavy atom. The first-order chi connectivity index (χ1) is 11.6. The van der Waals surface area contributed by atoms with Crippen LogP contribution in [-0.4, -0.2) is 54.5 Å². The molecule has 0 aliphatic carbocycles. The summed E-state index contributed by atoms with van der Waals surface area (Å²) in [6.45, 7) is 5.05. The van der Waals surface area contributed by atoms with Gasteiger partial charge in [-0.15, -0.1) is 11.3 Å². The van der Waals surface area contributed by atoms with E-state index in [2.05, 4.69) is 10.7 Å². The second-order valence-electron chi connectivity index (χ2n) is 6.59. The minimum absolute atomic E-state index is 0.0113. The standard InChI is InChI=1S/C17H25N3O3S/c1-12(21)18-6-4-15-11-24-16(19-15)13-3-2-7-20(9-13)17(22)14-5-8-23-10-14/h11,13-14H,2-10H2,1H3,(H,18,21). The third-order valence-electron chi connectivity index (χ3n) is 4.69. The molecule has 2 unspecified atom stereocenters. The lowest BCUT2D eigenvalue weighted by atomic mass is 9.97. The van der Waals surface area contributed by atoms with E-state index in [1.54, 1.807) is 11.3 Å². The Labute approximate surface area is 146 Å². The normalized spacial score (nSPS) is 24.1. The van der Waals surface area contributed by atoms with Crippen LogP contribution in [0.4, 0.5) is 0 Å². The fourth-order valence-electron chi connectivity index (χ4n) is 3.36. The summed E-state index contributed by atoms with van der Waals surface area (Å²) in [5, 5.41) is 5.99. The molecule has 0 saturated carbocycles. The van der Waals surface area contributed by atoms with E-state index in [1.807, 2.05) is 4.90 Å². The molecular weight excluding hydrogens is 326 g/mol. The zero-order valence-corrected chi connectivity index (χ0v) is 14.9.